The minimum atomic E-state index is -0.707. The standard InChI is InChI=1S/C14H21NO/c1-5-14(15,6-2)13(16)12-8-7-10(3)11(4)9-12/h7-9H,5-6,15H2,1-4H3. The van der Waals surface area contributed by atoms with Crippen molar-refractivity contribution in [1.29, 1.82) is 0 Å². The van der Waals surface area contributed by atoms with Crippen molar-refractivity contribution in [2.45, 2.75) is 46.1 Å². The van der Waals surface area contributed by atoms with E-state index >= 15 is 0 Å². The molecule has 1 rings (SSSR count). The summed E-state index contributed by atoms with van der Waals surface area (Å²) in [5.41, 5.74) is 8.48. The zero-order chi connectivity index (χ0) is 12.3. The third kappa shape index (κ3) is 2.33. The largest absolute Gasteiger partial charge is 0.319 e. The highest BCUT2D eigenvalue weighted by Crippen LogP contribution is 2.20. The molecule has 0 aliphatic heterocycles. The maximum Gasteiger partial charge on any atom is 0.182 e. The molecule has 0 saturated heterocycles. The summed E-state index contributed by atoms with van der Waals surface area (Å²) in [6, 6.07) is 5.79. The van der Waals surface area contributed by atoms with Crippen molar-refractivity contribution in [2.24, 2.45) is 5.73 Å². The Morgan fingerprint density at radius 1 is 1.19 bits per heavy atom. The Labute approximate surface area is 97.9 Å². The second-order valence-corrected chi connectivity index (χ2v) is 4.49. The number of hydrogen-bond donors (Lipinski definition) is 1. The van der Waals surface area contributed by atoms with Gasteiger partial charge in [-0.3, -0.25) is 4.79 Å². The number of nitrogens with two attached hydrogens (primary N) is 1. The first-order chi connectivity index (χ1) is 7.44. The molecular weight excluding hydrogens is 198 g/mol. The van der Waals surface area contributed by atoms with Crippen LogP contribution in [0.5, 0.6) is 0 Å². The van der Waals surface area contributed by atoms with E-state index in [-0.39, 0.29) is 5.78 Å². The third-order valence-corrected chi connectivity index (χ3v) is 3.48. The predicted molar refractivity (Wildman–Crippen MR) is 67.7 cm³/mol. The van der Waals surface area contributed by atoms with Gasteiger partial charge in [-0.15, -0.1) is 0 Å². The highest BCUT2D eigenvalue weighted by atomic mass is 16.1. The molecule has 0 amide bonds. The highest BCUT2D eigenvalue weighted by Gasteiger charge is 2.30. The average Bonchev–Trinajstić information content (AvgIpc) is 2.30. The molecule has 0 aliphatic carbocycles. The van der Waals surface area contributed by atoms with Gasteiger partial charge in [-0.1, -0.05) is 26.0 Å². The van der Waals surface area contributed by atoms with Crippen LogP contribution >= 0.6 is 0 Å². The molecule has 0 spiro atoms. The molecule has 0 saturated carbocycles. The molecule has 16 heavy (non-hydrogen) atoms. The van der Waals surface area contributed by atoms with Crippen LogP contribution in [0.15, 0.2) is 18.2 Å². The van der Waals surface area contributed by atoms with E-state index in [1.807, 2.05) is 45.9 Å². The zero-order valence-electron chi connectivity index (χ0n) is 10.6. The highest BCUT2D eigenvalue weighted by molar-refractivity contribution is 6.03. The normalized spacial score (nSPS) is 11.6. The van der Waals surface area contributed by atoms with Gasteiger partial charge in [0.15, 0.2) is 5.78 Å². The average molecular weight is 219 g/mol. The van der Waals surface area contributed by atoms with E-state index in [1.165, 1.54) is 5.56 Å². The molecule has 0 unspecified atom stereocenters. The van der Waals surface area contributed by atoms with Crippen LogP contribution in [0.1, 0.15) is 48.2 Å². The fourth-order valence-electron chi connectivity index (χ4n) is 1.74. The molecule has 2 nitrogen and oxygen atoms in total. The molecule has 1 aromatic carbocycles. The quantitative estimate of drug-likeness (QED) is 0.791. The van der Waals surface area contributed by atoms with Gasteiger partial charge in [0.05, 0.1) is 5.54 Å². The van der Waals surface area contributed by atoms with Crippen molar-refractivity contribution in [1.82, 2.24) is 0 Å². The fourth-order valence-corrected chi connectivity index (χ4v) is 1.74. The van der Waals surface area contributed by atoms with Crippen LogP contribution in [0, 0.1) is 13.8 Å². The Kier molecular flexibility index (Phi) is 3.87. The van der Waals surface area contributed by atoms with Crippen LogP contribution in [0.4, 0.5) is 0 Å². The number of benzene rings is 1. The molecule has 2 N–H and O–H groups in total. The summed E-state index contributed by atoms with van der Waals surface area (Å²) in [6.07, 6.45) is 1.35. The monoisotopic (exact) mass is 219 g/mol. The smallest absolute Gasteiger partial charge is 0.182 e. The topological polar surface area (TPSA) is 43.1 Å². The Bertz CT molecular complexity index is 392. The SMILES string of the molecule is CCC(N)(CC)C(=O)c1ccc(C)c(C)c1. The second-order valence-electron chi connectivity index (χ2n) is 4.49. The lowest BCUT2D eigenvalue weighted by Gasteiger charge is -2.25. The van der Waals surface area contributed by atoms with Crippen molar-refractivity contribution in [3.8, 4) is 0 Å². The molecule has 0 aromatic heterocycles. The van der Waals surface area contributed by atoms with E-state index < -0.39 is 5.54 Å². The first-order valence-electron chi connectivity index (χ1n) is 5.85. The summed E-state index contributed by atoms with van der Waals surface area (Å²) >= 11 is 0. The van der Waals surface area contributed by atoms with Gasteiger partial charge in [-0.05, 0) is 43.9 Å². The first-order valence-corrected chi connectivity index (χ1v) is 5.85. The lowest BCUT2D eigenvalue weighted by atomic mass is 9.85. The summed E-state index contributed by atoms with van der Waals surface area (Å²) in [6.45, 7) is 7.98. The minimum absolute atomic E-state index is 0.0561. The number of hydrogen-bond acceptors (Lipinski definition) is 2. The summed E-state index contributed by atoms with van der Waals surface area (Å²) in [4.78, 5) is 12.3. The van der Waals surface area contributed by atoms with Gasteiger partial charge in [0.25, 0.3) is 0 Å². The van der Waals surface area contributed by atoms with E-state index in [9.17, 15) is 4.79 Å². The van der Waals surface area contributed by atoms with Gasteiger partial charge in [0, 0.05) is 5.56 Å². The van der Waals surface area contributed by atoms with Crippen molar-refractivity contribution in [2.75, 3.05) is 0 Å². The maximum absolute atomic E-state index is 12.3. The van der Waals surface area contributed by atoms with Crippen LogP contribution in [0.25, 0.3) is 0 Å². The first kappa shape index (κ1) is 12.9. The maximum atomic E-state index is 12.3. The molecular formula is C14H21NO. The predicted octanol–water partition coefficient (Wildman–Crippen LogP) is 3.00. The van der Waals surface area contributed by atoms with Crippen molar-refractivity contribution < 1.29 is 4.79 Å². The number of rotatable bonds is 4. The summed E-state index contributed by atoms with van der Waals surface area (Å²) in [5, 5.41) is 0. The minimum Gasteiger partial charge on any atom is -0.319 e. The summed E-state index contributed by atoms with van der Waals surface area (Å²) in [7, 11) is 0. The fraction of sp³-hybridized carbons (Fsp3) is 0.500. The van der Waals surface area contributed by atoms with E-state index in [0.717, 1.165) is 11.1 Å². The van der Waals surface area contributed by atoms with Crippen LogP contribution in [-0.2, 0) is 0 Å². The Balaban J connectivity index is 3.09. The Morgan fingerprint density at radius 3 is 2.19 bits per heavy atom. The number of carbonyl (C=O) groups excluding carboxylic acids is 1. The lowest BCUT2D eigenvalue weighted by Crippen LogP contribution is -2.46. The van der Waals surface area contributed by atoms with Crippen molar-refractivity contribution in [3.05, 3.63) is 34.9 Å². The van der Waals surface area contributed by atoms with Gasteiger partial charge >= 0.3 is 0 Å². The van der Waals surface area contributed by atoms with Gasteiger partial charge in [-0.2, -0.15) is 0 Å². The Hall–Kier alpha value is -1.15. The lowest BCUT2D eigenvalue weighted by molar-refractivity contribution is 0.0879. The molecule has 0 aliphatic rings. The van der Waals surface area contributed by atoms with Crippen molar-refractivity contribution in [3.63, 3.8) is 0 Å². The molecule has 2 heteroatoms. The third-order valence-electron chi connectivity index (χ3n) is 3.48. The van der Waals surface area contributed by atoms with E-state index in [4.69, 9.17) is 5.73 Å². The van der Waals surface area contributed by atoms with Gasteiger partial charge in [-0.25, -0.2) is 0 Å². The van der Waals surface area contributed by atoms with E-state index in [0.29, 0.717) is 12.8 Å². The zero-order valence-corrected chi connectivity index (χ0v) is 10.6. The van der Waals surface area contributed by atoms with Crippen LogP contribution < -0.4 is 5.73 Å². The van der Waals surface area contributed by atoms with Crippen LogP contribution in [-0.4, -0.2) is 11.3 Å². The second kappa shape index (κ2) is 4.79. The van der Waals surface area contributed by atoms with E-state index in [1.54, 1.807) is 0 Å². The number of Topliss-reactive ketones (excluding diaryl/α,β-unsaturated/α-hetero) is 1. The Morgan fingerprint density at radius 2 is 1.75 bits per heavy atom. The summed E-state index contributed by atoms with van der Waals surface area (Å²) in [5.74, 6) is 0.0561. The molecule has 0 bridgehead atoms. The van der Waals surface area contributed by atoms with Gasteiger partial charge < -0.3 is 5.73 Å². The van der Waals surface area contributed by atoms with Crippen LogP contribution in [0.3, 0.4) is 0 Å². The van der Waals surface area contributed by atoms with Gasteiger partial charge in [0.2, 0.25) is 0 Å². The molecule has 0 heterocycles. The molecule has 0 radical (unpaired) electrons. The van der Waals surface area contributed by atoms with Crippen LogP contribution in [0.2, 0.25) is 0 Å². The van der Waals surface area contributed by atoms with E-state index in [2.05, 4.69) is 0 Å². The van der Waals surface area contributed by atoms with Crippen molar-refractivity contribution >= 4 is 5.78 Å². The molecule has 88 valence electrons. The molecule has 0 atom stereocenters. The number of aryl methyl sites for hydroxylation is 2. The van der Waals surface area contributed by atoms with Gasteiger partial charge in [0.1, 0.15) is 0 Å². The number of ketones is 1. The summed E-state index contributed by atoms with van der Waals surface area (Å²) < 4.78 is 0. The molecule has 1 aromatic rings. The molecule has 0 fully saturated rings. The number of carbonyl (C=O) groups is 1.